The third-order valence-corrected chi connectivity index (χ3v) is 7.93. The van der Waals surface area contributed by atoms with Crippen LogP contribution in [-0.4, -0.2) is 82.2 Å². The smallest absolute Gasteiger partial charge is 0.339 e. The van der Waals surface area contributed by atoms with Crippen LogP contribution in [0.1, 0.15) is 62.5 Å². The van der Waals surface area contributed by atoms with Crippen LogP contribution in [0, 0.1) is 17.7 Å². The summed E-state index contributed by atoms with van der Waals surface area (Å²) in [6.45, 7) is 10.2. The third kappa shape index (κ3) is 7.50. The quantitative estimate of drug-likeness (QED) is 0.266. The molecule has 0 atom stereocenters. The second kappa shape index (κ2) is 13.3. The Morgan fingerprint density at radius 2 is 1.71 bits per heavy atom. The van der Waals surface area contributed by atoms with Gasteiger partial charge in [0.1, 0.15) is 11.5 Å². The predicted molar refractivity (Wildman–Crippen MR) is 150 cm³/mol. The molecule has 5 rings (SSSR count). The van der Waals surface area contributed by atoms with E-state index >= 15 is 0 Å². The Morgan fingerprint density at radius 1 is 1.10 bits per heavy atom. The molecule has 7 nitrogen and oxygen atoms in total. The molecule has 2 aromatic heterocycles. The zero-order chi connectivity index (χ0) is 31.4. The molecule has 1 saturated carbocycles. The van der Waals surface area contributed by atoms with Gasteiger partial charge in [-0.3, -0.25) is 18.9 Å². The molecular weight excluding hydrogens is 557 g/mol. The van der Waals surface area contributed by atoms with Crippen LogP contribution in [0.25, 0.3) is 16.9 Å². The second-order valence-corrected chi connectivity index (χ2v) is 11.6. The van der Waals surface area contributed by atoms with Gasteiger partial charge in [0, 0.05) is 42.2 Å². The van der Waals surface area contributed by atoms with Crippen molar-refractivity contribution in [2.75, 3.05) is 33.9 Å². The normalized spacial score (nSPS) is 20.2. The standard InChI is InChI=1S/C16H14FN3O.C13H21F3N2O.CH3F/c1-10(2)14-7-15(11-3-5-12(17)6-4-11)19-20-8-13(9-21)18-16(14)20;1-12(2)8-18(5-4-17(12)3)11(19)9-6-10(7-9)13(14,15)16;1-2/h3-10H,1-2H3;9-10H,4-8H2,1-3H3;1H3. The number of alkyl halides is 4. The Morgan fingerprint density at radius 3 is 2.24 bits per heavy atom. The number of aromatic nitrogens is 3. The number of halogens is 5. The van der Waals surface area contributed by atoms with Gasteiger partial charge in [-0.1, -0.05) is 13.8 Å². The van der Waals surface area contributed by atoms with E-state index in [4.69, 9.17) is 0 Å². The van der Waals surface area contributed by atoms with E-state index in [1.165, 1.54) is 12.1 Å². The number of fused-ring (bicyclic) bond motifs is 1. The van der Waals surface area contributed by atoms with Gasteiger partial charge in [-0.05, 0) is 70.0 Å². The van der Waals surface area contributed by atoms with Gasteiger partial charge in [0.15, 0.2) is 11.9 Å². The van der Waals surface area contributed by atoms with E-state index in [1.807, 2.05) is 27.0 Å². The summed E-state index contributed by atoms with van der Waals surface area (Å²) >= 11 is 0. The first-order valence-corrected chi connectivity index (χ1v) is 13.8. The fourth-order valence-corrected chi connectivity index (χ4v) is 5.04. The van der Waals surface area contributed by atoms with Crippen molar-refractivity contribution in [1.29, 1.82) is 0 Å². The number of aldehydes is 1. The summed E-state index contributed by atoms with van der Waals surface area (Å²) in [6.07, 6.45) is -1.90. The van der Waals surface area contributed by atoms with Crippen molar-refractivity contribution in [2.45, 2.75) is 58.2 Å². The van der Waals surface area contributed by atoms with Gasteiger partial charge < -0.3 is 4.90 Å². The van der Waals surface area contributed by atoms with Crippen molar-refractivity contribution < 1.29 is 31.5 Å². The van der Waals surface area contributed by atoms with Crippen molar-refractivity contribution in [1.82, 2.24) is 24.4 Å². The molecule has 3 heterocycles. The van der Waals surface area contributed by atoms with Gasteiger partial charge in [-0.2, -0.15) is 18.3 Å². The molecule has 42 heavy (non-hydrogen) atoms. The van der Waals surface area contributed by atoms with Crippen LogP contribution in [0.5, 0.6) is 0 Å². The molecule has 0 spiro atoms. The number of carbonyl (C=O) groups excluding carboxylic acids is 2. The van der Waals surface area contributed by atoms with Crippen molar-refractivity contribution >= 4 is 17.8 Å². The molecule has 0 bridgehead atoms. The van der Waals surface area contributed by atoms with Crippen LogP contribution in [0.3, 0.4) is 0 Å². The summed E-state index contributed by atoms with van der Waals surface area (Å²) in [5.41, 5.74) is 3.46. The largest absolute Gasteiger partial charge is 0.391 e. The molecular formula is C30H38F5N5O2. The van der Waals surface area contributed by atoms with Gasteiger partial charge >= 0.3 is 6.18 Å². The minimum atomic E-state index is -4.14. The SMILES string of the molecule is CC(C)c1cc(-c2ccc(F)cc2)nn2cc(C=O)nc12.CF.CN1CCN(C(=O)C2CC(C(F)(F)F)C2)CC1(C)C. The Kier molecular flexibility index (Phi) is 10.5. The molecule has 3 aromatic rings. The maximum Gasteiger partial charge on any atom is 0.391 e. The first-order chi connectivity index (χ1) is 19.7. The van der Waals surface area contributed by atoms with Crippen molar-refractivity contribution in [3.63, 3.8) is 0 Å². The molecule has 1 aromatic carbocycles. The van der Waals surface area contributed by atoms with E-state index in [0.717, 1.165) is 23.4 Å². The number of likely N-dealkylation sites (N-methyl/N-ethyl adjacent to an activating group) is 1. The summed E-state index contributed by atoms with van der Waals surface area (Å²) in [5.74, 6) is -1.85. The van der Waals surface area contributed by atoms with Crippen LogP contribution >= 0.6 is 0 Å². The monoisotopic (exact) mass is 595 g/mol. The van der Waals surface area contributed by atoms with Gasteiger partial charge in [-0.15, -0.1) is 0 Å². The molecule has 0 radical (unpaired) electrons. The van der Waals surface area contributed by atoms with Gasteiger partial charge in [0.05, 0.1) is 25.0 Å². The number of hydrogen-bond acceptors (Lipinski definition) is 5. The maximum atomic E-state index is 13.0. The molecule has 1 aliphatic heterocycles. The lowest BCUT2D eigenvalue weighted by Crippen LogP contribution is -2.60. The first-order valence-electron chi connectivity index (χ1n) is 13.8. The Hall–Kier alpha value is -3.41. The average Bonchev–Trinajstić information content (AvgIpc) is 3.33. The Balaban J connectivity index is 0.000000219. The van der Waals surface area contributed by atoms with Crippen LogP contribution in [0.4, 0.5) is 22.0 Å². The number of imidazole rings is 1. The van der Waals surface area contributed by atoms with Crippen LogP contribution in [0.2, 0.25) is 0 Å². The van der Waals surface area contributed by atoms with Crippen LogP contribution in [-0.2, 0) is 4.79 Å². The second-order valence-electron chi connectivity index (χ2n) is 11.6. The third-order valence-electron chi connectivity index (χ3n) is 7.93. The fraction of sp³-hybridized carbons (Fsp3) is 0.533. The first kappa shape index (κ1) is 33.1. The Bertz CT molecular complexity index is 1360. The number of piperazine rings is 1. The Labute approximate surface area is 242 Å². The van der Waals surface area contributed by atoms with E-state index in [2.05, 4.69) is 28.8 Å². The summed E-state index contributed by atoms with van der Waals surface area (Å²) in [4.78, 5) is 31.3. The van der Waals surface area contributed by atoms with Gasteiger partial charge in [-0.25, -0.2) is 13.9 Å². The maximum absolute atomic E-state index is 13.0. The van der Waals surface area contributed by atoms with E-state index < -0.39 is 18.0 Å². The highest BCUT2D eigenvalue weighted by Crippen LogP contribution is 2.45. The molecule has 1 amide bonds. The number of carbonyl (C=O) groups is 2. The topological polar surface area (TPSA) is 70.8 Å². The fourth-order valence-electron chi connectivity index (χ4n) is 5.04. The zero-order valence-electron chi connectivity index (χ0n) is 24.8. The van der Waals surface area contributed by atoms with Crippen molar-refractivity contribution in [3.8, 4) is 11.3 Å². The minimum Gasteiger partial charge on any atom is -0.339 e. The summed E-state index contributed by atoms with van der Waals surface area (Å²) < 4.78 is 61.4. The van der Waals surface area contributed by atoms with Crippen molar-refractivity contribution in [2.24, 2.45) is 11.8 Å². The number of amides is 1. The lowest BCUT2D eigenvalue weighted by atomic mass is 9.73. The van der Waals surface area contributed by atoms with E-state index in [1.54, 1.807) is 27.7 Å². The van der Waals surface area contributed by atoms with Gasteiger partial charge in [0.25, 0.3) is 0 Å². The summed E-state index contributed by atoms with van der Waals surface area (Å²) in [5, 5.41) is 4.46. The lowest BCUT2D eigenvalue weighted by Gasteiger charge is -2.47. The summed E-state index contributed by atoms with van der Waals surface area (Å²) in [7, 11) is 2.50. The molecule has 230 valence electrons. The number of rotatable bonds is 4. The van der Waals surface area contributed by atoms with E-state index in [0.29, 0.717) is 37.9 Å². The average molecular weight is 596 g/mol. The predicted octanol–water partition coefficient (Wildman–Crippen LogP) is 6.18. The number of nitrogens with zero attached hydrogens (tertiary/aromatic N) is 5. The highest BCUT2D eigenvalue weighted by atomic mass is 19.4. The van der Waals surface area contributed by atoms with Crippen molar-refractivity contribution in [3.05, 3.63) is 53.6 Å². The van der Waals surface area contributed by atoms with E-state index in [-0.39, 0.29) is 36.0 Å². The molecule has 0 N–H and O–H groups in total. The van der Waals surface area contributed by atoms with Crippen LogP contribution in [0.15, 0.2) is 36.5 Å². The van der Waals surface area contributed by atoms with E-state index in [9.17, 15) is 31.5 Å². The number of benzene rings is 1. The molecule has 12 heteroatoms. The molecule has 2 aliphatic rings. The molecule has 2 fully saturated rings. The molecule has 1 aliphatic carbocycles. The summed E-state index contributed by atoms with van der Waals surface area (Å²) in [6, 6.07) is 8.12. The minimum absolute atomic E-state index is 0.0326. The highest BCUT2D eigenvalue weighted by Gasteiger charge is 2.51. The number of hydrogen-bond donors (Lipinski definition) is 0. The van der Waals surface area contributed by atoms with Gasteiger partial charge in [0.2, 0.25) is 5.91 Å². The highest BCUT2D eigenvalue weighted by molar-refractivity contribution is 5.80. The lowest BCUT2D eigenvalue weighted by molar-refractivity contribution is -0.207. The molecule has 0 unspecified atom stereocenters. The molecule has 1 saturated heterocycles. The van der Waals surface area contributed by atoms with Crippen LogP contribution < -0.4 is 0 Å². The zero-order valence-corrected chi connectivity index (χ0v) is 24.8.